The molecule has 3 aromatic heterocycles. The summed E-state index contributed by atoms with van der Waals surface area (Å²) in [6.45, 7) is 3.32. The molecule has 138 valence electrons. The highest BCUT2D eigenvalue weighted by Crippen LogP contribution is 2.23. The van der Waals surface area contributed by atoms with E-state index in [0.29, 0.717) is 31.0 Å². The van der Waals surface area contributed by atoms with Crippen LogP contribution in [0.2, 0.25) is 0 Å². The molecule has 4 rings (SSSR count). The molecular weight excluding hydrogens is 347 g/mol. The molecule has 27 heavy (non-hydrogen) atoms. The van der Waals surface area contributed by atoms with Gasteiger partial charge in [-0.2, -0.15) is 0 Å². The monoisotopic (exact) mass is 366 g/mol. The van der Waals surface area contributed by atoms with Crippen LogP contribution in [0.5, 0.6) is 0 Å². The number of Topliss-reactive ketones (excluding diaryl/α,β-unsaturated/α-hetero) is 1. The van der Waals surface area contributed by atoms with E-state index in [-0.39, 0.29) is 12.2 Å². The Labute approximate surface area is 156 Å². The molecule has 0 N–H and O–H groups in total. The lowest BCUT2D eigenvalue weighted by atomic mass is 10.1. The zero-order valence-electron chi connectivity index (χ0n) is 14.8. The van der Waals surface area contributed by atoms with Crippen molar-refractivity contribution in [3.05, 3.63) is 54.5 Å². The third kappa shape index (κ3) is 4.32. The Morgan fingerprint density at radius 2 is 1.85 bits per heavy atom. The SMILES string of the molecule is O=C(Cc1cc2cc(-c3cncc(F)c3)cnc2cn1)CN1CCOCC1. The van der Waals surface area contributed by atoms with E-state index in [1.54, 1.807) is 18.6 Å². The maximum Gasteiger partial charge on any atom is 0.152 e. The van der Waals surface area contributed by atoms with Gasteiger partial charge in [0.05, 0.1) is 44.1 Å². The van der Waals surface area contributed by atoms with Crippen LogP contribution in [0.4, 0.5) is 4.39 Å². The van der Waals surface area contributed by atoms with Gasteiger partial charge < -0.3 is 4.74 Å². The molecule has 0 unspecified atom stereocenters. The maximum atomic E-state index is 13.4. The zero-order valence-corrected chi connectivity index (χ0v) is 14.8. The Bertz CT molecular complexity index is 973. The van der Waals surface area contributed by atoms with Gasteiger partial charge in [0.2, 0.25) is 0 Å². The van der Waals surface area contributed by atoms with Crippen LogP contribution >= 0.6 is 0 Å². The van der Waals surface area contributed by atoms with Crippen LogP contribution in [-0.4, -0.2) is 58.5 Å². The highest BCUT2D eigenvalue weighted by atomic mass is 19.1. The smallest absolute Gasteiger partial charge is 0.152 e. The number of nitrogens with zero attached hydrogens (tertiary/aromatic N) is 4. The van der Waals surface area contributed by atoms with Gasteiger partial charge in [-0.05, 0) is 18.2 Å². The normalized spacial score (nSPS) is 15.1. The van der Waals surface area contributed by atoms with Crippen molar-refractivity contribution in [1.29, 1.82) is 0 Å². The number of pyridine rings is 3. The number of carbonyl (C=O) groups is 1. The minimum Gasteiger partial charge on any atom is -0.379 e. The molecule has 0 bridgehead atoms. The number of ketones is 1. The van der Waals surface area contributed by atoms with E-state index in [1.165, 1.54) is 12.3 Å². The lowest BCUT2D eigenvalue weighted by molar-refractivity contribution is -0.120. The van der Waals surface area contributed by atoms with Gasteiger partial charge in [0.25, 0.3) is 0 Å². The van der Waals surface area contributed by atoms with Crippen molar-refractivity contribution < 1.29 is 13.9 Å². The molecule has 0 aliphatic carbocycles. The van der Waals surface area contributed by atoms with Gasteiger partial charge in [0.1, 0.15) is 5.82 Å². The minimum atomic E-state index is -0.392. The lowest BCUT2D eigenvalue weighted by Crippen LogP contribution is -2.39. The number of halogens is 1. The lowest BCUT2D eigenvalue weighted by Gasteiger charge is -2.25. The third-order valence-corrected chi connectivity index (χ3v) is 4.54. The number of aromatic nitrogens is 3. The van der Waals surface area contributed by atoms with Crippen LogP contribution in [0.3, 0.4) is 0 Å². The summed E-state index contributed by atoms with van der Waals surface area (Å²) in [6.07, 6.45) is 6.38. The van der Waals surface area contributed by atoms with Gasteiger partial charge in [-0.25, -0.2) is 4.39 Å². The van der Waals surface area contributed by atoms with Gasteiger partial charge in [-0.3, -0.25) is 24.6 Å². The standard InChI is InChI=1S/C20H19FN4O2/c21-17-6-16(9-22-11-17)15-5-14-7-18(23-12-20(14)24-10-15)8-19(26)13-25-1-3-27-4-2-25/h5-7,9-12H,1-4,8,13H2. The number of carbonyl (C=O) groups excluding carboxylic acids is 1. The molecule has 0 aromatic carbocycles. The highest BCUT2D eigenvalue weighted by Gasteiger charge is 2.15. The first-order chi connectivity index (χ1) is 13.2. The molecule has 1 aliphatic heterocycles. The largest absolute Gasteiger partial charge is 0.379 e. The molecule has 0 spiro atoms. The summed E-state index contributed by atoms with van der Waals surface area (Å²) < 4.78 is 18.7. The second kappa shape index (κ2) is 7.85. The van der Waals surface area contributed by atoms with Crippen molar-refractivity contribution in [2.24, 2.45) is 0 Å². The summed E-state index contributed by atoms with van der Waals surface area (Å²) in [4.78, 5) is 27.1. The number of hydrogen-bond acceptors (Lipinski definition) is 6. The van der Waals surface area contributed by atoms with E-state index in [0.717, 1.165) is 29.6 Å². The topological polar surface area (TPSA) is 68.2 Å². The Hall–Kier alpha value is -2.77. The zero-order chi connectivity index (χ0) is 18.6. The van der Waals surface area contributed by atoms with Gasteiger partial charge in [0, 0.05) is 47.7 Å². The highest BCUT2D eigenvalue weighted by molar-refractivity contribution is 5.86. The molecular formula is C20H19FN4O2. The van der Waals surface area contributed by atoms with Crippen molar-refractivity contribution in [3.63, 3.8) is 0 Å². The molecule has 6 nitrogen and oxygen atoms in total. The van der Waals surface area contributed by atoms with E-state index >= 15 is 0 Å². The van der Waals surface area contributed by atoms with E-state index in [2.05, 4.69) is 19.9 Å². The fraction of sp³-hybridized carbons (Fsp3) is 0.300. The van der Waals surface area contributed by atoms with E-state index in [4.69, 9.17) is 4.74 Å². The number of rotatable bonds is 5. The van der Waals surface area contributed by atoms with Crippen LogP contribution in [0, 0.1) is 5.82 Å². The number of morpholine rings is 1. The third-order valence-electron chi connectivity index (χ3n) is 4.54. The summed E-state index contributed by atoms with van der Waals surface area (Å²) in [7, 11) is 0. The summed E-state index contributed by atoms with van der Waals surface area (Å²) in [5.74, 6) is -0.265. The molecule has 3 aromatic rings. The molecule has 0 saturated carbocycles. The molecule has 1 saturated heterocycles. The number of fused-ring (bicyclic) bond motifs is 1. The number of hydrogen-bond donors (Lipinski definition) is 0. The first kappa shape index (κ1) is 17.6. The van der Waals surface area contributed by atoms with Crippen LogP contribution in [0.15, 0.2) is 43.0 Å². The minimum absolute atomic E-state index is 0.127. The molecule has 4 heterocycles. The van der Waals surface area contributed by atoms with Crippen LogP contribution in [-0.2, 0) is 16.0 Å². The van der Waals surface area contributed by atoms with Gasteiger partial charge in [0.15, 0.2) is 5.78 Å². The Morgan fingerprint density at radius 3 is 2.67 bits per heavy atom. The van der Waals surface area contributed by atoms with Crippen molar-refractivity contribution >= 4 is 16.7 Å². The first-order valence-corrected chi connectivity index (χ1v) is 8.85. The average molecular weight is 366 g/mol. The second-order valence-corrected chi connectivity index (χ2v) is 6.59. The van der Waals surface area contributed by atoms with E-state index < -0.39 is 5.82 Å². The molecule has 0 amide bonds. The molecule has 1 aliphatic rings. The number of ether oxygens (including phenoxy) is 1. The van der Waals surface area contributed by atoms with Crippen LogP contribution < -0.4 is 0 Å². The predicted octanol–water partition coefficient (Wildman–Crippen LogP) is 2.27. The predicted molar refractivity (Wildman–Crippen MR) is 98.7 cm³/mol. The van der Waals surface area contributed by atoms with E-state index in [9.17, 15) is 9.18 Å². The van der Waals surface area contributed by atoms with Gasteiger partial charge in [-0.1, -0.05) is 0 Å². The van der Waals surface area contributed by atoms with Crippen molar-refractivity contribution in [2.45, 2.75) is 6.42 Å². The Morgan fingerprint density at radius 1 is 1.04 bits per heavy atom. The summed E-state index contributed by atoms with van der Waals surface area (Å²) >= 11 is 0. The van der Waals surface area contributed by atoms with Crippen molar-refractivity contribution in [2.75, 3.05) is 32.8 Å². The molecule has 1 fully saturated rings. The summed E-state index contributed by atoms with van der Waals surface area (Å²) in [5, 5.41) is 0.862. The summed E-state index contributed by atoms with van der Waals surface area (Å²) in [6, 6.07) is 5.20. The molecule has 7 heteroatoms. The van der Waals surface area contributed by atoms with Crippen LogP contribution in [0.25, 0.3) is 22.0 Å². The fourth-order valence-corrected chi connectivity index (χ4v) is 3.17. The quantitative estimate of drug-likeness (QED) is 0.690. The second-order valence-electron chi connectivity index (χ2n) is 6.59. The van der Waals surface area contributed by atoms with Gasteiger partial charge in [-0.15, -0.1) is 0 Å². The fourth-order valence-electron chi connectivity index (χ4n) is 3.17. The average Bonchev–Trinajstić information content (AvgIpc) is 2.68. The first-order valence-electron chi connectivity index (χ1n) is 8.85. The molecule has 0 atom stereocenters. The van der Waals surface area contributed by atoms with Crippen LogP contribution in [0.1, 0.15) is 5.69 Å². The maximum absolute atomic E-state index is 13.4. The molecule has 0 radical (unpaired) electrons. The van der Waals surface area contributed by atoms with E-state index in [1.807, 2.05) is 12.1 Å². The summed E-state index contributed by atoms with van der Waals surface area (Å²) in [5.41, 5.74) is 2.86. The Kier molecular flexibility index (Phi) is 5.13. The Balaban J connectivity index is 1.53. The van der Waals surface area contributed by atoms with Crippen molar-refractivity contribution in [1.82, 2.24) is 19.9 Å². The van der Waals surface area contributed by atoms with Crippen molar-refractivity contribution in [3.8, 4) is 11.1 Å². The van der Waals surface area contributed by atoms with Gasteiger partial charge >= 0.3 is 0 Å².